The van der Waals surface area contributed by atoms with E-state index in [4.69, 9.17) is 14.6 Å². The van der Waals surface area contributed by atoms with Crippen LogP contribution >= 0.6 is 0 Å². The van der Waals surface area contributed by atoms with Gasteiger partial charge in [-0.25, -0.2) is 0 Å². The zero-order valence-electron chi connectivity index (χ0n) is 12.1. The van der Waals surface area contributed by atoms with Crippen LogP contribution in [0.25, 0.3) is 0 Å². The fourth-order valence-electron chi connectivity index (χ4n) is 1.89. The summed E-state index contributed by atoms with van der Waals surface area (Å²) >= 11 is 0. The Bertz CT molecular complexity index is 368. The fraction of sp³-hybridized carbons (Fsp3) is 0.600. The fourth-order valence-corrected chi connectivity index (χ4v) is 1.89. The summed E-state index contributed by atoms with van der Waals surface area (Å²) in [6.07, 6.45) is 1.81. The van der Waals surface area contributed by atoms with Gasteiger partial charge in [-0.05, 0) is 44.4 Å². The minimum Gasteiger partial charge on any atom is -0.493 e. The van der Waals surface area contributed by atoms with Crippen molar-refractivity contribution in [3.05, 3.63) is 23.8 Å². The van der Waals surface area contributed by atoms with Crippen LogP contribution in [0.4, 0.5) is 0 Å². The number of hydrogen-bond donors (Lipinski definition) is 2. The molecular formula is C15H25NO3. The van der Waals surface area contributed by atoms with Gasteiger partial charge in [0.1, 0.15) is 0 Å². The number of aliphatic hydroxyl groups excluding tert-OH is 1. The van der Waals surface area contributed by atoms with Gasteiger partial charge in [0.2, 0.25) is 0 Å². The van der Waals surface area contributed by atoms with Crippen LogP contribution in [0.1, 0.15) is 32.3 Å². The summed E-state index contributed by atoms with van der Waals surface area (Å²) in [4.78, 5) is 0. The van der Waals surface area contributed by atoms with Crippen LogP contribution in [0.5, 0.6) is 11.5 Å². The predicted octanol–water partition coefficient (Wildman–Crippen LogP) is 2.34. The lowest BCUT2D eigenvalue weighted by Crippen LogP contribution is -2.25. The molecule has 0 radical (unpaired) electrons. The summed E-state index contributed by atoms with van der Waals surface area (Å²) in [5.41, 5.74) is 1.16. The van der Waals surface area contributed by atoms with Crippen molar-refractivity contribution < 1.29 is 14.6 Å². The molecule has 0 aromatic heterocycles. The molecule has 0 fully saturated rings. The number of rotatable bonds is 9. The smallest absolute Gasteiger partial charge is 0.161 e. The summed E-state index contributed by atoms with van der Waals surface area (Å²) in [7, 11) is 1.65. The van der Waals surface area contributed by atoms with E-state index in [0.29, 0.717) is 12.6 Å². The Kier molecular flexibility index (Phi) is 7.30. The van der Waals surface area contributed by atoms with Gasteiger partial charge in [-0.1, -0.05) is 6.07 Å². The first kappa shape index (κ1) is 15.8. The summed E-state index contributed by atoms with van der Waals surface area (Å²) in [5, 5.41) is 12.2. The molecule has 4 heteroatoms. The van der Waals surface area contributed by atoms with E-state index in [-0.39, 0.29) is 6.61 Å². The van der Waals surface area contributed by atoms with Crippen LogP contribution in [0.15, 0.2) is 18.2 Å². The van der Waals surface area contributed by atoms with Gasteiger partial charge in [-0.3, -0.25) is 0 Å². The summed E-state index contributed by atoms with van der Waals surface area (Å²) < 4.78 is 10.8. The molecule has 0 aliphatic carbocycles. The van der Waals surface area contributed by atoms with Crippen molar-refractivity contribution in [1.29, 1.82) is 0 Å². The summed E-state index contributed by atoms with van der Waals surface area (Å²) in [5.74, 6) is 1.55. The molecule has 0 aliphatic heterocycles. The number of benzene rings is 1. The molecule has 0 aliphatic rings. The second-order valence-corrected chi connectivity index (χ2v) is 4.57. The number of hydrogen-bond acceptors (Lipinski definition) is 4. The van der Waals surface area contributed by atoms with E-state index < -0.39 is 0 Å². The predicted molar refractivity (Wildman–Crippen MR) is 76.8 cm³/mol. The van der Waals surface area contributed by atoms with E-state index in [9.17, 15) is 0 Å². The number of nitrogens with one attached hydrogen (secondary N) is 1. The molecule has 0 heterocycles. The van der Waals surface area contributed by atoms with E-state index in [1.807, 2.05) is 25.1 Å². The van der Waals surface area contributed by atoms with Crippen molar-refractivity contribution in [2.75, 3.05) is 20.3 Å². The molecule has 0 saturated carbocycles. The van der Waals surface area contributed by atoms with Gasteiger partial charge in [0.15, 0.2) is 11.5 Å². The third kappa shape index (κ3) is 5.49. The highest BCUT2D eigenvalue weighted by Crippen LogP contribution is 2.27. The SMILES string of the molecule is CCOc1ccc(CNC(C)CCCO)cc1OC. The van der Waals surface area contributed by atoms with Crippen LogP contribution in [0, 0.1) is 0 Å². The van der Waals surface area contributed by atoms with Crippen LogP contribution in [-0.2, 0) is 6.54 Å². The van der Waals surface area contributed by atoms with Gasteiger partial charge in [0.25, 0.3) is 0 Å². The van der Waals surface area contributed by atoms with Crippen molar-refractivity contribution in [1.82, 2.24) is 5.32 Å². The zero-order chi connectivity index (χ0) is 14.1. The van der Waals surface area contributed by atoms with Crippen molar-refractivity contribution >= 4 is 0 Å². The molecule has 1 atom stereocenters. The minimum absolute atomic E-state index is 0.253. The highest BCUT2D eigenvalue weighted by atomic mass is 16.5. The Balaban J connectivity index is 2.54. The van der Waals surface area contributed by atoms with E-state index in [1.165, 1.54) is 0 Å². The highest BCUT2D eigenvalue weighted by molar-refractivity contribution is 5.42. The van der Waals surface area contributed by atoms with Crippen LogP contribution in [-0.4, -0.2) is 31.5 Å². The number of ether oxygens (including phenoxy) is 2. The lowest BCUT2D eigenvalue weighted by atomic mass is 10.1. The normalized spacial score (nSPS) is 12.2. The van der Waals surface area contributed by atoms with Crippen molar-refractivity contribution in [3.8, 4) is 11.5 Å². The van der Waals surface area contributed by atoms with Crippen molar-refractivity contribution in [3.63, 3.8) is 0 Å². The Hall–Kier alpha value is -1.26. The maximum absolute atomic E-state index is 8.79. The first-order valence-corrected chi connectivity index (χ1v) is 6.85. The molecule has 0 bridgehead atoms. The van der Waals surface area contributed by atoms with Gasteiger partial charge in [-0.15, -0.1) is 0 Å². The summed E-state index contributed by atoms with van der Waals surface area (Å²) in [6, 6.07) is 6.37. The molecule has 1 aromatic rings. The maximum atomic E-state index is 8.79. The van der Waals surface area contributed by atoms with Gasteiger partial charge in [-0.2, -0.15) is 0 Å². The highest BCUT2D eigenvalue weighted by Gasteiger charge is 2.06. The van der Waals surface area contributed by atoms with E-state index in [1.54, 1.807) is 7.11 Å². The third-order valence-electron chi connectivity index (χ3n) is 2.98. The van der Waals surface area contributed by atoms with Gasteiger partial charge < -0.3 is 19.9 Å². The molecule has 1 aromatic carbocycles. The first-order chi connectivity index (χ1) is 9.21. The largest absolute Gasteiger partial charge is 0.493 e. The average Bonchev–Trinajstić information content (AvgIpc) is 2.44. The first-order valence-electron chi connectivity index (χ1n) is 6.85. The monoisotopic (exact) mass is 267 g/mol. The average molecular weight is 267 g/mol. The van der Waals surface area contributed by atoms with Gasteiger partial charge in [0, 0.05) is 19.2 Å². The van der Waals surface area contributed by atoms with Crippen LogP contribution in [0.3, 0.4) is 0 Å². The van der Waals surface area contributed by atoms with E-state index in [0.717, 1.165) is 36.4 Å². The Morgan fingerprint density at radius 1 is 1.32 bits per heavy atom. The van der Waals surface area contributed by atoms with Gasteiger partial charge >= 0.3 is 0 Å². The second-order valence-electron chi connectivity index (χ2n) is 4.57. The third-order valence-corrected chi connectivity index (χ3v) is 2.98. The quantitative estimate of drug-likeness (QED) is 0.721. The molecule has 108 valence electrons. The van der Waals surface area contributed by atoms with E-state index >= 15 is 0 Å². The number of methoxy groups -OCH3 is 1. The summed E-state index contributed by atoms with van der Waals surface area (Å²) in [6.45, 7) is 5.75. The van der Waals surface area contributed by atoms with Crippen molar-refractivity contribution in [2.24, 2.45) is 0 Å². The molecule has 4 nitrogen and oxygen atoms in total. The van der Waals surface area contributed by atoms with Crippen LogP contribution in [0.2, 0.25) is 0 Å². The van der Waals surface area contributed by atoms with Crippen molar-refractivity contribution in [2.45, 2.75) is 39.3 Å². The molecule has 1 rings (SSSR count). The molecule has 19 heavy (non-hydrogen) atoms. The molecule has 1 unspecified atom stereocenters. The van der Waals surface area contributed by atoms with Gasteiger partial charge in [0.05, 0.1) is 13.7 Å². The lowest BCUT2D eigenvalue weighted by Gasteiger charge is -2.15. The molecule has 2 N–H and O–H groups in total. The van der Waals surface area contributed by atoms with E-state index in [2.05, 4.69) is 12.2 Å². The minimum atomic E-state index is 0.253. The standard InChI is InChI=1S/C15H25NO3/c1-4-19-14-8-7-13(10-15(14)18-3)11-16-12(2)6-5-9-17/h7-8,10,12,16-17H,4-6,9,11H2,1-3H3. The zero-order valence-corrected chi connectivity index (χ0v) is 12.1. The Morgan fingerprint density at radius 2 is 2.11 bits per heavy atom. The van der Waals surface area contributed by atoms with Crippen LogP contribution < -0.4 is 14.8 Å². The number of aliphatic hydroxyl groups is 1. The lowest BCUT2D eigenvalue weighted by molar-refractivity contribution is 0.276. The molecule has 0 amide bonds. The topological polar surface area (TPSA) is 50.7 Å². The Morgan fingerprint density at radius 3 is 2.74 bits per heavy atom. The second kappa shape index (κ2) is 8.77. The molecule has 0 spiro atoms. The maximum Gasteiger partial charge on any atom is 0.161 e. The molecule has 0 saturated heterocycles. The Labute approximate surface area is 115 Å². The molecular weight excluding hydrogens is 242 g/mol.